The summed E-state index contributed by atoms with van der Waals surface area (Å²) in [6, 6.07) is 15.7. The summed E-state index contributed by atoms with van der Waals surface area (Å²) in [5.74, 6) is -0.325. The van der Waals surface area contributed by atoms with Gasteiger partial charge in [0.25, 0.3) is 11.6 Å². The molecule has 4 rings (SSSR count). The van der Waals surface area contributed by atoms with Crippen LogP contribution in [0.1, 0.15) is 36.6 Å². The molecule has 0 aliphatic carbocycles. The molecule has 1 aliphatic heterocycles. The predicted octanol–water partition coefficient (Wildman–Crippen LogP) is 5.47. The third kappa shape index (κ3) is 8.77. The second kappa shape index (κ2) is 15.5. The number of hydrazone groups is 1. The Balaban J connectivity index is 1.37. The van der Waals surface area contributed by atoms with Gasteiger partial charge in [0.2, 0.25) is 0 Å². The summed E-state index contributed by atoms with van der Waals surface area (Å²) >= 11 is 15.1. The van der Waals surface area contributed by atoms with Gasteiger partial charge in [0.05, 0.1) is 38.9 Å². The van der Waals surface area contributed by atoms with Gasteiger partial charge in [-0.15, -0.1) is 0 Å². The highest BCUT2D eigenvalue weighted by atomic mass is 79.9. The van der Waals surface area contributed by atoms with Crippen LogP contribution in [0.5, 0.6) is 11.5 Å². The third-order valence-corrected chi connectivity index (χ3v) is 7.37. The van der Waals surface area contributed by atoms with Gasteiger partial charge >= 0.3 is 5.97 Å². The molecular formula is C30H27BrClN5O7S. The van der Waals surface area contributed by atoms with Crippen molar-refractivity contribution in [2.24, 2.45) is 5.10 Å². The van der Waals surface area contributed by atoms with Crippen LogP contribution in [0, 0.1) is 10.1 Å². The number of rotatable bonds is 12. The van der Waals surface area contributed by atoms with Gasteiger partial charge in [0, 0.05) is 23.4 Å². The summed E-state index contributed by atoms with van der Waals surface area (Å²) in [4.78, 5) is 35.8. The number of benzene rings is 3. The number of nitrogens with one attached hydrogen (secondary N) is 3. The Bertz CT molecular complexity index is 1680. The zero-order valence-corrected chi connectivity index (χ0v) is 27.1. The fourth-order valence-electron chi connectivity index (χ4n) is 4.32. The minimum atomic E-state index is -0.656. The van der Waals surface area contributed by atoms with Gasteiger partial charge in [-0.25, -0.2) is 10.2 Å². The molecular weight excluding hydrogens is 690 g/mol. The SMILES string of the molecule is CCOC(=O)C1=C(C)NC(=S)N[C@@H]1c1ccccc1OCC(=O)NN=Cc1cc(Cl)c(OCc2cccc([N+](=O)[O-])c2)c(Br)c1. The largest absolute Gasteiger partial charge is 0.486 e. The number of nitrogens with zero attached hydrogens (tertiary/aromatic N) is 2. The van der Waals surface area contributed by atoms with Crippen molar-refractivity contribution >= 4 is 68.6 Å². The molecule has 0 bridgehead atoms. The standard InChI is InChI=1S/C30H27BrClN5O7S/c1-3-42-29(39)26-17(2)34-30(45)35-27(26)21-9-4-5-10-24(21)43-16-25(38)36-33-14-19-12-22(31)28(23(32)13-19)44-15-18-7-6-8-20(11-18)37(40)41/h4-14,27H,3,15-16H2,1-2H3,(H,36,38)(H2,34,35,45)/t27-/m1/s1. The van der Waals surface area contributed by atoms with Crippen molar-refractivity contribution in [1.82, 2.24) is 16.1 Å². The van der Waals surface area contributed by atoms with Crippen molar-refractivity contribution in [3.8, 4) is 11.5 Å². The van der Waals surface area contributed by atoms with Crippen LogP contribution in [0.25, 0.3) is 0 Å². The maximum absolute atomic E-state index is 12.7. The van der Waals surface area contributed by atoms with Crippen LogP contribution < -0.4 is 25.5 Å². The van der Waals surface area contributed by atoms with E-state index in [9.17, 15) is 19.7 Å². The van der Waals surface area contributed by atoms with Crippen LogP contribution in [0.3, 0.4) is 0 Å². The highest BCUT2D eigenvalue weighted by Crippen LogP contribution is 2.35. The number of carbonyl (C=O) groups is 2. The Morgan fingerprint density at radius 2 is 1.96 bits per heavy atom. The lowest BCUT2D eigenvalue weighted by molar-refractivity contribution is -0.384. The monoisotopic (exact) mass is 715 g/mol. The average Bonchev–Trinajstić information content (AvgIpc) is 2.99. The molecule has 15 heteroatoms. The van der Waals surface area contributed by atoms with E-state index in [1.807, 2.05) is 0 Å². The van der Waals surface area contributed by atoms with E-state index >= 15 is 0 Å². The van der Waals surface area contributed by atoms with Crippen LogP contribution in [0.4, 0.5) is 5.69 Å². The highest BCUT2D eigenvalue weighted by Gasteiger charge is 2.32. The second-order valence-electron chi connectivity index (χ2n) is 9.44. The van der Waals surface area contributed by atoms with E-state index in [1.54, 1.807) is 62.4 Å². The molecule has 1 aliphatic rings. The first-order chi connectivity index (χ1) is 21.6. The Morgan fingerprint density at radius 3 is 2.69 bits per heavy atom. The minimum Gasteiger partial charge on any atom is -0.486 e. The summed E-state index contributed by atoms with van der Waals surface area (Å²) in [6.07, 6.45) is 1.39. The number of halogens is 2. The summed E-state index contributed by atoms with van der Waals surface area (Å²) in [7, 11) is 0. The molecule has 1 atom stereocenters. The zero-order chi connectivity index (χ0) is 32.5. The molecule has 0 aromatic heterocycles. The fourth-order valence-corrected chi connectivity index (χ4v) is 5.58. The fraction of sp³-hybridized carbons (Fsp3) is 0.200. The maximum atomic E-state index is 12.7. The number of ether oxygens (including phenoxy) is 3. The van der Waals surface area contributed by atoms with Crippen molar-refractivity contribution < 1.29 is 28.7 Å². The van der Waals surface area contributed by atoms with E-state index in [1.165, 1.54) is 18.3 Å². The van der Waals surface area contributed by atoms with Crippen molar-refractivity contribution in [1.29, 1.82) is 0 Å². The number of allylic oxidation sites excluding steroid dienone is 1. The number of thiocarbonyl (C=S) groups is 1. The average molecular weight is 717 g/mol. The molecule has 0 spiro atoms. The van der Waals surface area contributed by atoms with E-state index in [2.05, 4.69) is 37.1 Å². The summed E-state index contributed by atoms with van der Waals surface area (Å²) in [5.41, 5.74) is 5.02. The zero-order valence-electron chi connectivity index (χ0n) is 24.0. The summed E-state index contributed by atoms with van der Waals surface area (Å²) < 4.78 is 17.3. The summed E-state index contributed by atoms with van der Waals surface area (Å²) in [6.45, 7) is 3.35. The quantitative estimate of drug-likeness (QED) is 0.0723. The van der Waals surface area contributed by atoms with Gasteiger partial charge in [-0.3, -0.25) is 14.9 Å². The van der Waals surface area contributed by atoms with E-state index in [0.29, 0.717) is 49.0 Å². The van der Waals surface area contributed by atoms with Crippen LogP contribution in [0.2, 0.25) is 5.02 Å². The van der Waals surface area contributed by atoms with Crippen LogP contribution in [-0.2, 0) is 20.9 Å². The molecule has 1 heterocycles. The molecule has 0 saturated heterocycles. The number of hydrogen-bond donors (Lipinski definition) is 3. The first-order valence-corrected chi connectivity index (χ1v) is 15.0. The van der Waals surface area contributed by atoms with E-state index < -0.39 is 22.8 Å². The number of nitro groups is 1. The molecule has 234 valence electrons. The molecule has 0 radical (unpaired) electrons. The molecule has 0 unspecified atom stereocenters. The maximum Gasteiger partial charge on any atom is 0.338 e. The van der Waals surface area contributed by atoms with Crippen molar-refractivity contribution in [3.05, 3.63) is 108 Å². The Hall–Kier alpha value is -4.53. The smallest absolute Gasteiger partial charge is 0.338 e. The molecule has 0 fully saturated rings. The van der Waals surface area contributed by atoms with Gasteiger partial charge < -0.3 is 24.8 Å². The number of hydrogen-bond acceptors (Lipinski definition) is 9. The molecule has 3 aromatic rings. The van der Waals surface area contributed by atoms with Crippen molar-refractivity contribution in [2.45, 2.75) is 26.5 Å². The van der Waals surface area contributed by atoms with Crippen LogP contribution in [0.15, 0.2) is 81.5 Å². The van der Waals surface area contributed by atoms with Crippen LogP contribution in [-0.4, -0.2) is 41.3 Å². The van der Waals surface area contributed by atoms with Gasteiger partial charge in [-0.2, -0.15) is 5.10 Å². The van der Waals surface area contributed by atoms with E-state index in [0.717, 1.165) is 0 Å². The Kier molecular flexibility index (Phi) is 11.5. The molecule has 12 nitrogen and oxygen atoms in total. The van der Waals surface area contributed by atoms with Crippen molar-refractivity contribution in [3.63, 3.8) is 0 Å². The number of non-ortho nitro benzene ring substituents is 1. The lowest BCUT2D eigenvalue weighted by Crippen LogP contribution is -2.45. The molecule has 0 saturated carbocycles. The number of amides is 1. The lowest BCUT2D eigenvalue weighted by atomic mass is 9.95. The first kappa shape index (κ1) is 33.4. The van der Waals surface area contributed by atoms with Crippen molar-refractivity contribution in [2.75, 3.05) is 13.2 Å². The highest BCUT2D eigenvalue weighted by molar-refractivity contribution is 9.10. The molecule has 3 N–H and O–H groups in total. The Morgan fingerprint density at radius 1 is 1.18 bits per heavy atom. The van der Waals surface area contributed by atoms with E-state index in [4.69, 9.17) is 38.0 Å². The Labute approximate surface area is 277 Å². The van der Waals surface area contributed by atoms with Gasteiger partial charge in [-0.1, -0.05) is 41.9 Å². The predicted molar refractivity (Wildman–Crippen MR) is 175 cm³/mol. The third-order valence-electron chi connectivity index (χ3n) is 6.28. The normalized spacial score (nSPS) is 14.4. The number of carbonyl (C=O) groups excluding carboxylic acids is 2. The lowest BCUT2D eigenvalue weighted by Gasteiger charge is -2.30. The molecule has 1 amide bonds. The van der Waals surface area contributed by atoms with Crippen LogP contribution >= 0.6 is 39.7 Å². The first-order valence-electron chi connectivity index (χ1n) is 13.4. The number of esters is 1. The van der Waals surface area contributed by atoms with Gasteiger partial charge in [0.1, 0.15) is 12.4 Å². The van der Waals surface area contributed by atoms with Gasteiger partial charge in [-0.05, 0) is 71.3 Å². The minimum absolute atomic E-state index is 0.0386. The molecule has 45 heavy (non-hydrogen) atoms. The van der Waals surface area contributed by atoms with Gasteiger partial charge in [0.15, 0.2) is 17.5 Å². The number of para-hydroxylation sites is 1. The van der Waals surface area contributed by atoms with E-state index in [-0.39, 0.29) is 30.5 Å². The second-order valence-corrected chi connectivity index (χ2v) is 11.1. The summed E-state index contributed by atoms with van der Waals surface area (Å²) in [5, 5.41) is 21.6. The number of nitro benzene ring substituents is 1. The molecule has 3 aromatic carbocycles. The topological polar surface area (TPSA) is 153 Å².